The number of benzene rings is 1. The summed E-state index contributed by atoms with van der Waals surface area (Å²) in [6.45, 7) is 4.62. The van der Waals surface area contributed by atoms with Crippen molar-refractivity contribution in [3.8, 4) is 5.75 Å². The molecule has 0 unspecified atom stereocenters. The van der Waals surface area contributed by atoms with E-state index in [0.717, 1.165) is 69.7 Å². The summed E-state index contributed by atoms with van der Waals surface area (Å²) in [5.41, 5.74) is 1.58. The van der Waals surface area contributed by atoms with Crippen LogP contribution in [0.3, 0.4) is 0 Å². The van der Waals surface area contributed by atoms with Gasteiger partial charge in [-0.15, -0.1) is 5.10 Å². The Bertz CT molecular complexity index is 848. The number of nitrogens with zero attached hydrogens (tertiary/aromatic N) is 5. The molecule has 0 N–H and O–H groups in total. The van der Waals surface area contributed by atoms with Crippen molar-refractivity contribution in [1.82, 2.24) is 24.8 Å². The lowest BCUT2D eigenvalue weighted by Gasteiger charge is -2.30. The van der Waals surface area contributed by atoms with Crippen LogP contribution in [0.15, 0.2) is 36.5 Å². The van der Waals surface area contributed by atoms with Gasteiger partial charge in [0.25, 0.3) is 5.91 Å². The van der Waals surface area contributed by atoms with Crippen LogP contribution < -0.4 is 4.74 Å². The highest BCUT2D eigenvalue weighted by Gasteiger charge is 2.25. The van der Waals surface area contributed by atoms with Crippen LogP contribution in [-0.2, 0) is 0 Å². The average Bonchev–Trinajstić information content (AvgIpc) is 3.47. The maximum Gasteiger partial charge on any atom is 0.276 e. The fraction of sp³-hybridized carbons (Fsp3) is 0.500. The topological polar surface area (TPSA) is 63.5 Å². The molecule has 1 amide bonds. The number of ether oxygens (including phenoxy) is 1. The van der Waals surface area contributed by atoms with Gasteiger partial charge in [-0.2, -0.15) is 0 Å². The quantitative estimate of drug-likeness (QED) is 0.753. The van der Waals surface area contributed by atoms with Crippen molar-refractivity contribution in [2.45, 2.75) is 31.7 Å². The molecule has 0 saturated carbocycles. The number of methoxy groups -OCH3 is 1. The zero-order valence-corrected chi connectivity index (χ0v) is 17.0. The summed E-state index contributed by atoms with van der Waals surface area (Å²) in [6.07, 6.45) is 10.4. The molecule has 7 heteroatoms. The third-order valence-corrected chi connectivity index (χ3v) is 5.85. The highest BCUT2D eigenvalue weighted by molar-refractivity contribution is 5.92. The van der Waals surface area contributed by atoms with Crippen molar-refractivity contribution in [2.75, 3.05) is 39.8 Å². The van der Waals surface area contributed by atoms with Crippen molar-refractivity contribution < 1.29 is 9.53 Å². The van der Waals surface area contributed by atoms with Gasteiger partial charge in [0.05, 0.1) is 19.3 Å². The SMILES string of the molecule is COc1ccccc1/C=C/CN1CCC(n2cc(C(=O)N3CCCC3)nn2)CC1. The predicted molar refractivity (Wildman–Crippen MR) is 112 cm³/mol. The second kappa shape index (κ2) is 9.22. The number of likely N-dealkylation sites (tertiary alicyclic amines) is 2. The Hall–Kier alpha value is -2.67. The monoisotopic (exact) mass is 395 g/mol. The first kappa shape index (κ1) is 19.6. The third-order valence-electron chi connectivity index (χ3n) is 5.85. The highest BCUT2D eigenvalue weighted by Crippen LogP contribution is 2.23. The second-order valence-corrected chi connectivity index (χ2v) is 7.76. The summed E-state index contributed by atoms with van der Waals surface area (Å²) in [4.78, 5) is 16.8. The number of carbonyl (C=O) groups is 1. The predicted octanol–water partition coefficient (Wildman–Crippen LogP) is 2.87. The van der Waals surface area contributed by atoms with Crippen molar-refractivity contribution in [3.05, 3.63) is 47.8 Å². The standard InChI is InChI=1S/C22H29N5O2/c1-29-21-9-3-2-7-18(21)8-6-12-25-15-10-19(11-16-25)27-17-20(23-24-27)22(28)26-13-4-5-14-26/h2-3,6-9,17,19H,4-5,10-16H2,1H3/b8-6+. The zero-order valence-electron chi connectivity index (χ0n) is 17.0. The van der Waals surface area contributed by atoms with E-state index in [2.05, 4.69) is 33.4 Å². The van der Waals surface area contributed by atoms with Gasteiger partial charge in [0.2, 0.25) is 0 Å². The summed E-state index contributed by atoms with van der Waals surface area (Å²) < 4.78 is 7.29. The van der Waals surface area contributed by atoms with Crippen LogP contribution in [0.5, 0.6) is 5.75 Å². The Morgan fingerprint density at radius 3 is 2.69 bits per heavy atom. The minimum atomic E-state index is 0.0210. The molecule has 2 fully saturated rings. The molecule has 1 aromatic carbocycles. The van der Waals surface area contributed by atoms with Crippen molar-refractivity contribution in [1.29, 1.82) is 0 Å². The van der Waals surface area contributed by atoms with Crippen molar-refractivity contribution in [3.63, 3.8) is 0 Å². The number of para-hydroxylation sites is 1. The first-order valence-corrected chi connectivity index (χ1v) is 10.5. The molecule has 1 aromatic heterocycles. The summed E-state index contributed by atoms with van der Waals surface area (Å²) in [6, 6.07) is 8.36. The largest absolute Gasteiger partial charge is 0.496 e. The first-order chi connectivity index (χ1) is 14.2. The zero-order chi connectivity index (χ0) is 20.1. The van der Waals surface area contributed by atoms with Crippen LogP contribution in [-0.4, -0.2) is 70.5 Å². The number of carbonyl (C=O) groups excluding carboxylic acids is 1. The van der Waals surface area contributed by atoms with Gasteiger partial charge in [0.15, 0.2) is 5.69 Å². The summed E-state index contributed by atoms with van der Waals surface area (Å²) >= 11 is 0. The van der Waals surface area contributed by atoms with Crippen LogP contribution in [0.4, 0.5) is 0 Å². The van der Waals surface area contributed by atoms with Gasteiger partial charge in [-0.1, -0.05) is 35.6 Å². The maximum atomic E-state index is 12.5. The number of piperidine rings is 1. The minimum Gasteiger partial charge on any atom is -0.496 e. The molecule has 0 bridgehead atoms. The van der Waals surface area contributed by atoms with Gasteiger partial charge >= 0.3 is 0 Å². The van der Waals surface area contributed by atoms with Crippen LogP contribution in [0.2, 0.25) is 0 Å². The Balaban J connectivity index is 1.27. The van der Waals surface area contributed by atoms with Crippen LogP contribution in [0, 0.1) is 0 Å². The van der Waals surface area contributed by atoms with Crippen LogP contribution in [0.1, 0.15) is 47.8 Å². The molecule has 7 nitrogen and oxygen atoms in total. The number of amides is 1. The molecule has 2 aromatic rings. The summed E-state index contributed by atoms with van der Waals surface area (Å²) in [7, 11) is 1.70. The lowest BCUT2D eigenvalue weighted by Crippen LogP contribution is -2.34. The molecule has 2 saturated heterocycles. The van der Waals surface area contributed by atoms with E-state index in [1.807, 2.05) is 34.0 Å². The molecule has 29 heavy (non-hydrogen) atoms. The van der Waals surface area contributed by atoms with Crippen LogP contribution in [0.25, 0.3) is 6.08 Å². The van der Waals surface area contributed by atoms with Crippen molar-refractivity contribution in [2.24, 2.45) is 0 Å². The molecule has 2 aliphatic rings. The second-order valence-electron chi connectivity index (χ2n) is 7.76. The maximum absolute atomic E-state index is 12.5. The van der Waals surface area contributed by atoms with E-state index in [-0.39, 0.29) is 5.91 Å². The Kier molecular flexibility index (Phi) is 6.24. The Labute approximate surface area is 171 Å². The lowest BCUT2D eigenvalue weighted by atomic mass is 10.1. The summed E-state index contributed by atoms with van der Waals surface area (Å²) in [5.74, 6) is 0.917. The summed E-state index contributed by atoms with van der Waals surface area (Å²) in [5, 5.41) is 8.39. The average molecular weight is 396 g/mol. The van der Waals surface area contributed by atoms with Gasteiger partial charge < -0.3 is 9.64 Å². The van der Waals surface area contributed by atoms with Crippen LogP contribution >= 0.6 is 0 Å². The van der Waals surface area contributed by atoms with E-state index in [1.165, 1.54) is 0 Å². The van der Waals surface area contributed by atoms with E-state index in [4.69, 9.17) is 4.74 Å². The van der Waals surface area contributed by atoms with E-state index < -0.39 is 0 Å². The van der Waals surface area contributed by atoms with E-state index in [1.54, 1.807) is 7.11 Å². The van der Waals surface area contributed by atoms with E-state index in [9.17, 15) is 4.79 Å². The number of aromatic nitrogens is 3. The molecular weight excluding hydrogens is 366 g/mol. The van der Waals surface area contributed by atoms with E-state index >= 15 is 0 Å². The number of hydrogen-bond donors (Lipinski definition) is 0. The third kappa shape index (κ3) is 4.67. The highest BCUT2D eigenvalue weighted by atomic mass is 16.5. The normalized spacial score (nSPS) is 18.6. The molecule has 0 aliphatic carbocycles. The number of rotatable bonds is 6. The van der Waals surface area contributed by atoms with Gasteiger partial charge in [-0.3, -0.25) is 9.69 Å². The van der Waals surface area contributed by atoms with Gasteiger partial charge in [-0.05, 0) is 31.7 Å². The minimum absolute atomic E-state index is 0.0210. The van der Waals surface area contributed by atoms with Gasteiger partial charge in [0.1, 0.15) is 5.75 Å². The first-order valence-electron chi connectivity index (χ1n) is 10.5. The molecule has 3 heterocycles. The molecule has 4 rings (SSSR count). The fourth-order valence-electron chi connectivity index (χ4n) is 4.13. The Morgan fingerprint density at radius 2 is 1.93 bits per heavy atom. The molecule has 0 spiro atoms. The lowest BCUT2D eigenvalue weighted by molar-refractivity contribution is 0.0787. The molecule has 2 aliphatic heterocycles. The van der Waals surface area contributed by atoms with Crippen molar-refractivity contribution >= 4 is 12.0 Å². The molecule has 154 valence electrons. The molecule has 0 radical (unpaired) electrons. The fourth-order valence-corrected chi connectivity index (χ4v) is 4.13. The number of hydrogen-bond acceptors (Lipinski definition) is 5. The Morgan fingerprint density at radius 1 is 1.17 bits per heavy atom. The van der Waals surface area contributed by atoms with Gasteiger partial charge in [-0.25, -0.2) is 4.68 Å². The smallest absolute Gasteiger partial charge is 0.276 e. The molecule has 0 atom stereocenters. The molecular formula is C22H29N5O2. The van der Waals surface area contributed by atoms with Gasteiger partial charge in [0, 0.05) is 38.3 Å². The van der Waals surface area contributed by atoms with E-state index in [0.29, 0.717) is 11.7 Å².